The molecule has 0 aliphatic rings. The summed E-state index contributed by atoms with van der Waals surface area (Å²) >= 11 is 4.75. The molecule has 0 heterocycles. The molecule has 0 fully saturated rings. The standard InChI is InChI=1S/C2H4ClNO3S/c3-2(5)1-4-8(6)7/h8H,1H2,(H,4,6,7). The Morgan fingerprint density at radius 2 is 2.12 bits per heavy atom. The van der Waals surface area contributed by atoms with Gasteiger partial charge in [-0.2, -0.15) is 0 Å². The van der Waals surface area contributed by atoms with Crippen molar-refractivity contribution < 1.29 is 13.2 Å². The third-order valence-corrected chi connectivity index (χ3v) is 0.897. The highest BCUT2D eigenvalue weighted by Crippen LogP contribution is 1.72. The topological polar surface area (TPSA) is 63.2 Å². The van der Waals surface area contributed by atoms with Gasteiger partial charge in [-0.05, 0) is 11.6 Å². The molecule has 0 aliphatic heterocycles. The fraction of sp³-hybridized carbons (Fsp3) is 0.500. The van der Waals surface area contributed by atoms with Crippen molar-refractivity contribution in [2.45, 2.75) is 0 Å². The summed E-state index contributed by atoms with van der Waals surface area (Å²) in [6, 6.07) is 0. The lowest BCUT2D eigenvalue weighted by molar-refractivity contribution is -0.110. The van der Waals surface area contributed by atoms with Gasteiger partial charge in [0.2, 0.25) is 16.1 Å². The van der Waals surface area contributed by atoms with E-state index < -0.39 is 16.1 Å². The Bertz CT molecular complexity index is 145. The third kappa shape index (κ3) is 5.87. The van der Waals surface area contributed by atoms with E-state index in [1.54, 1.807) is 0 Å². The first-order chi connectivity index (χ1) is 3.63. The first-order valence-electron chi connectivity index (χ1n) is 1.69. The van der Waals surface area contributed by atoms with Gasteiger partial charge in [-0.15, -0.1) is 0 Å². The van der Waals surface area contributed by atoms with Crippen molar-refractivity contribution in [3.8, 4) is 0 Å². The Morgan fingerprint density at radius 1 is 1.62 bits per heavy atom. The van der Waals surface area contributed by atoms with Crippen molar-refractivity contribution in [3.63, 3.8) is 0 Å². The van der Waals surface area contributed by atoms with E-state index in [9.17, 15) is 13.2 Å². The van der Waals surface area contributed by atoms with Crippen LogP contribution in [0.25, 0.3) is 0 Å². The Kier molecular flexibility index (Phi) is 3.76. The quantitative estimate of drug-likeness (QED) is 0.403. The minimum absolute atomic E-state index is 0.333. The highest BCUT2D eigenvalue weighted by atomic mass is 35.5. The molecule has 0 spiro atoms. The minimum Gasteiger partial charge on any atom is -0.280 e. The molecule has 48 valence electrons. The van der Waals surface area contributed by atoms with Crippen LogP contribution in [0.3, 0.4) is 0 Å². The molecule has 0 aromatic heterocycles. The van der Waals surface area contributed by atoms with Crippen LogP contribution >= 0.6 is 11.6 Å². The SMILES string of the molecule is O=C(Cl)CN[SH](=O)=O. The van der Waals surface area contributed by atoms with Crippen LogP contribution in [0.2, 0.25) is 0 Å². The molecule has 4 nitrogen and oxygen atoms in total. The molecule has 0 aliphatic carbocycles. The van der Waals surface area contributed by atoms with Crippen LogP contribution in [0.1, 0.15) is 0 Å². The molecule has 0 aromatic rings. The minimum atomic E-state index is -2.69. The van der Waals surface area contributed by atoms with E-state index in [0.717, 1.165) is 0 Å². The molecule has 0 unspecified atom stereocenters. The smallest absolute Gasteiger partial charge is 0.236 e. The van der Waals surface area contributed by atoms with Gasteiger partial charge >= 0.3 is 0 Å². The van der Waals surface area contributed by atoms with Crippen molar-refractivity contribution >= 4 is 27.7 Å². The van der Waals surface area contributed by atoms with Crippen LogP contribution in [-0.2, 0) is 15.7 Å². The van der Waals surface area contributed by atoms with Crippen LogP contribution < -0.4 is 4.72 Å². The van der Waals surface area contributed by atoms with E-state index >= 15 is 0 Å². The van der Waals surface area contributed by atoms with Crippen LogP contribution in [0.5, 0.6) is 0 Å². The number of hydrogen-bond donors (Lipinski definition) is 2. The lowest BCUT2D eigenvalue weighted by Crippen LogP contribution is -2.17. The van der Waals surface area contributed by atoms with Crippen LogP contribution in [0.4, 0.5) is 0 Å². The van der Waals surface area contributed by atoms with Crippen molar-refractivity contribution in [2.75, 3.05) is 6.54 Å². The summed E-state index contributed by atoms with van der Waals surface area (Å²) in [4.78, 5) is 9.78. The Morgan fingerprint density at radius 3 is 2.25 bits per heavy atom. The zero-order valence-electron chi connectivity index (χ0n) is 3.76. The summed E-state index contributed by atoms with van der Waals surface area (Å²) in [5.74, 6) is 0. The molecule has 0 aromatic carbocycles. The van der Waals surface area contributed by atoms with Gasteiger partial charge in [-0.3, -0.25) is 4.79 Å². The first-order valence-corrected chi connectivity index (χ1v) is 3.24. The lowest BCUT2D eigenvalue weighted by Gasteiger charge is -1.84. The predicted octanol–water partition coefficient (Wildman–Crippen LogP) is -1.13. The maximum absolute atomic E-state index is 9.78. The highest BCUT2D eigenvalue weighted by molar-refractivity contribution is 7.70. The van der Waals surface area contributed by atoms with Crippen LogP contribution in [-0.4, -0.2) is 20.2 Å². The molecule has 0 amide bonds. The summed E-state index contributed by atoms with van der Waals surface area (Å²) in [6.45, 7) is -0.333. The van der Waals surface area contributed by atoms with E-state index in [-0.39, 0.29) is 6.54 Å². The van der Waals surface area contributed by atoms with Gasteiger partial charge in [-0.1, -0.05) is 0 Å². The Balaban J connectivity index is 3.32. The van der Waals surface area contributed by atoms with Gasteiger partial charge in [-0.25, -0.2) is 13.1 Å². The number of carbonyl (C=O) groups is 1. The molecule has 0 saturated carbocycles. The predicted molar refractivity (Wildman–Crippen MR) is 29.2 cm³/mol. The maximum Gasteiger partial charge on any atom is 0.236 e. The molecule has 1 N–H and O–H groups in total. The third-order valence-electron chi connectivity index (χ3n) is 0.347. The second kappa shape index (κ2) is 3.82. The molecule has 8 heavy (non-hydrogen) atoms. The summed E-state index contributed by atoms with van der Waals surface area (Å²) in [6.07, 6.45) is 0. The number of rotatable bonds is 3. The van der Waals surface area contributed by atoms with E-state index in [2.05, 4.69) is 0 Å². The average molecular weight is 158 g/mol. The van der Waals surface area contributed by atoms with Crippen molar-refractivity contribution in [3.05, 3.63) is 0 Å². The van der Waals surface area contributed by atoms with Crippen molar-refractivity contribution in [2.24, 2.45) is 0 Å². The average Bonchev–Trinajstić information content (AvgIpc) is 1.61. The summed E-state index contributed by atoms with van der Waals surface area (Å²) in [7, 11) is -2.69. The normalized spacial score (nSPS) is 9.75. The Hall–Kier alpha value is -0.130. The summed E-state index contributed by atoms with van der Waals surface area (Å²) < 4.78 is 21.1. The van der Waals surface area contributed by atoms with E-state index in [4.69, 9.17) is 11.6 Å². The van der Waals surface area contributed by atoms with Crippen molar-refractivity contribution in [1.29, 1.82) is 0 Å². The largest absolute Gasteiger partial charge is 0.280 e. The molecule has 0 radical (unpaired) electrons. The molecule has 0 bridgehead atoms. The van der Waals surface area contributed by atoms with Gasteiger partial charge in [0.15, 0.2) is 0 Å². The van der Waals surface area contributed by atoms with E-state index in [1.165, 1.54) is 0 Å². The summed E-state index contributed by atoms with van der Waals surface area (Å²) in [5.41, 5.74) is 0. The van der Waals surface area contributed by atoms with Gasteiger partial charge in [0.1, 0.15) is 0 Å². The molecule has 0 atom stereocenters. The number of thiol groups is 1. The fourth-order valence-corrected chi connectivity index (χ4v) is 0.559. The monoisotopic (exact) mass is 157 g/mol. The van der Waals surface area contributed by atoms with Gasteiger partial charge in [0, 0.05) is 0 Å². The van der Waals surface area contributed by atoms with E-state index in [1.807, 2.05) is 4.72 Å². The van der Waals surface area contributed by atoms with Crippen LogP contribution in [0.15, 0.2) is 0 Å². The Labute approximate surface area is 52.9 Å². The van der Waals surface area contributed by atoms with Gasteiger partial charge in [0.05, 0.1) is 6.54 Å². The number of nitrogens with one attached hydrogen (secondary N) is 1. The summed E-state index contributed by atoms with van der Waals surface area (Å²) in [5, 5.41) is -0.718. The zero-order valence-corrected chi connectivity index (χ0v) is 5.41. The lowest BCUT2D eigenvalue weighted by atomic mass is 10.8. The molecular formula is C2H4ClNO3S. The molecule has 6 heteroatoms. The second-order valence-electron chi connectivity index (χ2n) is 0.947. The highest BCUT2D eigenvalue weighted by Gasteiger charge is 1.92. The fourth-order valence-electron chi connectivity index (χ4n) is 0.127. The number of halogens is 1. The van der Waals surface area contributed by atoms with E-state index in [0.29, 0.717) is 0 Å². The van der Waals surface area contributed by atoms with Gasteiger partial charge in [0.25, 0.3) is 0 Å². The number of carbonyl (C=O) groups excluding carboxylic acids is 1. The van der Waals surface area contributed by atoms with Gasteiger partial charge < -0.3 is 0 Å². The number of hydrogen-bond acceptors (Lipinski definition) is 3. The molecule has 0 rings (SSSR count). The maximum atomic E-state index is 9.78. The van der Waals surface area contributed by atoms with Crippen molar-refractivity contribution in [1.82, 2.24) is 4.72 Å². The van der Waals surface area contributed by atoms with Crippen LogP contribution in [0, 0.1) is 0 Å². The molecular weight excluding hydrogens is 154 g/mol. The first kappa shape index (κ1) is 7.87. The zero-order chi connectivity index (χ0) is 6.57. The second-order valence-corrected chi connectivity index (χ2v) is 2.20. The molecule has 0 saturated heterocycles.